The summed E-state index contributed by atoms with van der Waals surface area (Å²) < 4.78 is 22.2. The maximum Gasteiger partial charge on any atom is 0.343 e. The molecule has 1 heterocycles. The zero-order valence-electron chi connectivity index (χ0n) is 16.2. The number of hydrogen-bond donors (Lipinski definition) is 0. The molecule has 1 atom stereocenters. The van der Waals surface area contributed by atoms with Crippen LogP contribution in [-0.2, 0) is 9.73 Å². The molecular formula is C22H15ClN2O4S2. The van der Waals surface area contributed by atoms with E-state index < -0.39 is 21.5 Å². The summed E-state index contributed by atoms with van der Waals surface area (Å²) in [6.07, 6.45) is 2.43. The van der Waals surface area contributed by atoms with E-state index in [0.29, 0.717) is 20.4 Å². The van der Waals surface area contributed by atoms with Crippen molar-refractivity contribution in [1.29, 1.82) is 5.26 Å². The largest absolute Gasteiger partial charge is 0.423 e. The van der Waals surface area contributed by atoms with E-state index in [0.717, 1.165) is 6.20 Å². The number of allylic oxidation sites excluding steroid dienone is 1. The molecule has 3 aromatic rings. The van der Waals surface area contributed by atoms with Crippen LogP contribution in [-0.4, -0.2) is 22.2 Å². The molecule has 0 amide bonds. The van der Waals surface area contributed by atoms with Crippen molar-refractivity contribution in [2.24, 2.45) is 4.36 Å². The zero-order chi connectivity index (χ0) is 22.4. The van der Waals surface area contributed by atoms with E-state index in [1.807, 2.05) is 0 Å². The van der Waals surface area contributed by atoms with E-state index in [9.17, 15) is 19.1 Å². The second kappa shape index (κ2) is 9.71. The lowest BCUT2D eigenvalue weighted by molar-refractivity contribution is 0.0734. The number of nitrogens with zero attached hydrogens (tertiary/aromatic N) is 2. The van der Waals surface area contributed by atoms with Gasteiger partial charge in [0.1, 0.15) is 17.4 Å². The fourth-order valence-electron chi connectivity index (χ4n) is 2.41. The minimum atomic E-state index is -2.93. The van der Waals surface area contributed by atoms with Gasteiger partial charge in [-0.3, -0.25) is 4.79 Å². The first-order chi connectivity index (χ1) is 14.8. The van der Waals surface area contributed by atoms with Crippen LogP contribution in [0, 0.1) is 11.3 Å². The van der Waals surface area contributed by atoms with E-state index in [-0.39, 0.29) is 11.3 Å². The topological polar surface area (TPSA) is 96.6 Å². The van der Waals surface area contributed by atoms with E-state index in [1.54, 1.807) is 47.8 Å². The van der Waals surface area contributed by atoms with Gasteiger partial charge in [-0.15, -0.1) is 11.3 Å². The monoisotopic (exact) mass is 470 g/mol. The quantitative estimate of drug-likeness (QED) is 0.159. The average molecular weight is 471 g/mol. The fraction of sp³-hybridized carbons (Fsp3) is 0.0455. The number of benzene rings is 2. The van der Waals surface area contributed by atoms with Crippen LogP contribution in [0.4, 0.5) is 0 Å². The van der Waals surface area contributed by atoms with Gasteiger partial charge in [-0.2, -0.15) is 5.26 Å². The van der Waals surface area contributed by atoms with Crippen molar-refractivity contribution < 1.29 is 18.5 Å². The maximum atomic E-state index is 13.0. The van der Waals surface area contributed by atoms with Crippen molar-refractivity contribution in [1.82, 2.24) is 0 Å². The Morgan fingerprint density at radius 2 is 1.81 bits per heavy atom. The highest BCUT2D eigenvalue weighted by Crippen LogP contribution is 2.20. The molecule has 0 aliphatic carbocycles. The van der Waals surface area contributed by atoms with Crippen molar-refractivity contribution in [3.8, 4) is 11.8 Å². The molecule has 31 heavy (non-hydrogen) atoms. The Balaban J connectivity index is 1.78. The molecule has 6 nitrogen and oxygen atoms in total. The summed E-state index contributed by atoms with van der Waals surface area (Å²) in [4.78, 5) is 25.2. The molecule has 0 saturated carbocycles. The standard InChI is InChI=1S/C22H15ClN2O4S2/c1-31(28,25-14-16(13-24)21(26)20-3-2-12-30-20)19-10-8-18(9-11-19)29-22(27)15-4-6-17(23)7-5-15/h2-12,14H,1H3/b16-14+/t31-/m1/s1. The smallest absolute Gasteiger partial charge is 0.343 e. The Kier molecular flexibility index (Phi) is 7.02. The first-order valence-electron chi connectivity index (χ1n) is 8.78. The lowest BCUT2D eigenvalue weighted by atomic mass is 10.2. The number of nitriles is 1. The second-order valence-electron chi connectivity index (χ2n) is 6.24. The third-order valence-corrected chi connectivity index (χ3v) is 6.82. The second-order valence-corrected chi connectivity index (χ2v) is 9.91. The van der Waals surface area contributed by atoms with Crippen LogP contribution in [0.5, 0.6) is 5.75 Å². The fourth-order valence-corrected chi connectivity index (χ4v) is 4.28. The number of rotatable bonds is 6. The summed E-state index contributed by atoms with van der Waals surface area (Å²) >= 11 is 7.01. The number of ketones is 1. The number of hydrogen-bond acceptors (Lipinski definition) is 7. The molecule has 0 aliphatic rings. The molecule has 0 radical (unpaired) electrons. The highest BCUT2D eigenvalue weighted by Gasteiger charge is 2.14. The summed E-state index contributed by atoms with van der Waals surface area (Å²) in [6.45, 7) is 0. The average Bonchev–Trinajstić information content (AvgIpc) is 3.30. The van der Waals surface area contributed by atoms with Gasteiger partial charge in [-0.1, -0.05) is 17.7 Å². The molecule has 1 aromatic heterocycles. The molecule has 2 aromatic carbocycles. The van der Waals surface area contributed by atoms with Gasteiger partial charge in [0.15, 0.2) is 0 Å². The van der Waals surface area contributed by atoms with Gasteiger partial charge >= 0.3 is 5.97 Å². The highest BCUT2D eigenvalue weighted by molar-refractivity contribution is 7.93. The predicted octanol–water partition coefficient (Wildman–Crippen LogP) is 5.37. The van der Waals surface area contributed by atoms with Crippen molar-refractivity contribution in [3.05, 3.63) is 93.3 Å². The van der Waals surface area contributed by atoms with E-state index in [4.69, 9.17) is 16.3 Å². The van der Waals surface area contributed by atoms with Crippen LogP contribution >= 0.6 is 22.9 Å². The van der Waals surface area contributed by atoms with E-state index >= 15 is 0 Å². The first kappa shape index (κ1) is 22.4. The number of halogens is 1. The van der Waals surface area contributed by atoms with Crippen LogP contribution in [0.2, 0.25) is 5.02 Å². The zero-order valence-corrected chi connectivity index (χ0v) is 18.5. The number of esters is 1. The number of thiophene rings is 1. The maximum absolute atomic E-state index is 13.0. The Bertz CT molecular complexity index is 1300. The highest BCUT2D eigenvalue weighted by atomic mass is 35.5. The predicted molar refractivity (Wildman–Crippen MR) is 120 cm³/mol. The van der Waals surface area contributed by atoms with Gasteiger partial charge in [0, 0.05) is 16.2 Å². The third kappa shape index (κ3) is 5.67. The summed E-state index contributed by atoms with van der Waals surface area (Å²) in [6, 6.07) is 17.4. The van der Waals surface area contributed by atoms with Gasteiger partial charge in [-0.05, 0) is 60.0 Å². The Hall–Kier alpha value is -3.25. The molecule has 0 saturated heterocycles. The van der Waals surface area contributed by atoms with Crippen molar-refractivity contribution in [2.45, 2.75) is 4.90 Å². The van der Waals surface area contributed by atoms with Gasteiger partial charge in [-0.25, -0.2) is 13.4 Å². The van der Waals surface area contributed by atoms with Gasteiger partial charge in [0.2, 0.25) is 5.78 Å². The molecular weight excluding hydrogens is 456 g/mol. The van der Waals surface area contributed by atoms with Gasteiger partial charge < -0.3 is 4.74 Å². The molecule has 3 rings (SSSR count). The van der Waals surface area contributed by atoms with E-state index in [2.05, 4.69) is 4.36 Å². The van der Waals surface area contributed by atoms with Crippen LogP contribution in [0.1, 0.15) is 20.0 Å². The van der Waals surface area contributed by atoms with Crippen LogP contribution in [0.15, 0.2) is 87.1 Å². The molecule has 9 heteroatoms. The Morgan fingerprint density at radius 3 is 2.39 bits per heavy atom. The minimum absolute atomic E-state index is 0.203. The van der Waals surface area contributed by atoms with Gasteiger partial charge in [0.25, 0.3) is 0 Å². The summed E-state index contributed by atoms with van der Waals surface area (Å²) in [5, 5.41) is 11.5. The Labute approximate surface area is 188 Å². The normalized spacial score (nSPS) is 13.0. The van der Waals surface area contributed by atoms with Crippen LogP contribution < -0.4 is 4.74 Å². The van der Waals surface area contributed by atoms with Crippen molar-refractivity contribution in [3.63, 3.8) is 0 Å². The molecule has 0 fully saturated rings. The van der Waals surface area contributed by atoms with Crippen molar-refractivity contribution in [2.75, 3.05) is 6.26 Å². The number of Topliss-reactive ketones (excluding diaryl/α,β-unsaturated/α-hetero) is 1. The van der Waals surface area contributed by atoms with Crippen LogP contribution in [0.25, 0.3) is 0 Å². The van der Waals surface area contributed by atoms with E-state index in [1.165, 1.54) is 41.9 Å². The molecule has 0 bridgehead atoms. The molecule has 156 valence electrons. The van der Waals surface area contributed by atoms with Crippen molar-refractivity contribution >= 4 is 44.4 Å². The van der Waals surface area contributed by atoms with Gasteiger partial charge in [0.05, 0.1) is 26.4 Å². The molecule has 0 aliphatic heterocycles. The molecule has 0 spiro atoms. The number of carbonyl (C=O) groups is 2. The lowest BCUT2D eigenvalue weighted by Crippen LogP contribution is -2.08. The SMILES string of the molecule is C[S@](=O)(=N/C=C(\C#N)C(=O)c1cccs1)c1ccc(OC(=O)c2ccc(Cl)cc2)cc1. The summed E-state index contributed by atoms with van der Waals surface area (Å²) in [7, 11) is -2.93. The summed E-state index contributed by atoms with van der Waals surface area (Å²) in [5.74, 6) is -0.763. The first-order valence-corrected chi connectivity index (χ1v) is 12.0. The summed E-state index contributed by atoms with van der Waals surface area (Å²) in [5.41, 5.74) is 0.137. The Morgan fingerprint density at radius 1 is 1.13 bits per heavy atom. The lowest BCUT2D eigenvalue weighted by Gasteiger charge is -2.07. The minimum Gasteiger partial charge on any atom is -0.423 e. The third-order valence-electron chi connectivity index (χ3n) is 4.04. The number of ether oxygens (including phenoxy) is 1. The molecule has 0 N–H and O–H groups in total. The number of carbonyl (C=O) groups excluding carboxylic acids is 2. The molecule has 0 unspecified atom stereocenters. The van der Waals surface area contributed by atoms with Crippen LogP contribution in [0.3, 0.4) is 0 Å².